The van der Waals surface area contributed by atoms with Crippen LogP contribution in [0.25, 0.3) is 0 Å². The van der Waals surface area contributed by atoms with Crippen LogP contribution in [0.3, 0.4) is 0 Å². The summed E-state index contributed by atoms with van der Waals surface area (Å²) in [5, 5.41) is 18.8. The number of benzene rings is 2. The first-order valence-electron chi connectivity index (χ1n) is 6.87. The molecule has 0 saturated carbocycles. The second-order valence-corrected chi connectivity index (χ2v) is 7.24. The van der Waals surface area contributed by atoms with E-state index in [1.807, 2.05) is 6.07 Å². The normalized spacial score (nSPS) is 14.7. The number of aryl methyl sites for hydroxylation is 2. The van der Waals surface area contributed by atoms with Crippen molar-refractivity contribution in [2.24, 2.45) is 0 Å². The number of sulfone groups is 1. The molecule has 0 heterocycles. The van der Waals surface area contributed by atoms with Gasteiger partial charge in [-0.2, -0.15) is 0 Å². The number of rotatable bonds is 2. The summed E-state index contributed by atoms with van der Waals surface area (Å²) in [4.78, 5) is 0.210. The molecule has 0 saturated heterocycles. The van der Waals surface area contributed by atoms with E-state index in [9.17, 15) is 18.6 Å². The first kappa shape index (κ1) is 13.9. The number of phenolic OH excluding ortho intramolecular Hbond substituents is 2. The molecule has 0 aliphatic heterocycles. The summed E-state index contributed by atoms with van der Waals surface area (Å²) >= 11 is 0. The van der Waals surface area contributed by atoms with Crippen molar-refractivity contribution in [1.29, 1.82) is 0 Å². The topological polar surface area (TPSA) is 74.6 Å². The fourth-order valence-electron chi connectivity index (χ4n) is 2.68. The van der Waals surface area contributed by atoms with E-state index >= 15 is 0 Å². The third-order valence-electron chi connectivity index (χ3n) is 3.89. The summed E-state index contributed by atoms with van der Waals surface area (Å²) in [6.07, 6.45) is 4.12. The third kappa shape index (κ3) is 2.49. The zero-order chi connectivity index (χ0) is 15.0. The van der Waals surface area contributed by atoms with Gasteiger partial charge in [-0.3, -0.25) is 0 Å². The maximum atomic E-state index is 12.6. The Morgan fingerprint density at radius 3 is 2.10 bits per heavy atom. The molecule has 1 aliphatic carbocycles. The van der Waals surface area contributed by atoms with Gasteiger partial charge in [0.05, 0.1) is 9.79 Å². The molecule has 1 aliphatic rings. The first-order valence-corrected chi connectivity index (χ1v) is 8.36. The van der Waals surface area contributed by atoms with Gasteiger partial charge in [0.1, 0.15) is 0 Å². The summed E-state index contributed by atoms with van der Waals surface area (Å²) < 4.78 is 25.2. The van der Waals surface area contributed by atoms with Crippen LogP contribution in [-0.2, 0) is 22.7 Å². The molecule has 0 amide bonds. The highest BCUT2D eigenvalue weighted by Crippen LogP contribution is 2.31. The molecule has 0 fully saturated rings. The molecule has 5 heteroatoms. The van der Waals surface area contributed by atoms with Crippen LogP contribution in [0.15, 0.2) is 46.2 Å². The minimum absolute atomic E-state index is 0.0199. The zero-order valence-corrected chi connectivity index (χ0v) is 12.2. The van der Waals surface area contributed by atoms with E-state index in [2.05, 4.69) is 0 Å². The van der Waals surface area contributed by atoms with Crippen molar-refractivity contribution in [3.05, 3.63) is 47.5 Å². The van der Waals surface area contributed by atoms with Crippen LogP contribution >= 0.6 is 0 Å². The smallest absolute Gasteiger partial charge is 0.206 e. The fraction of sp³-hybridized carbons (Fsp3) is 0.250. The van der Waals surface area contributed by atoms with Crippen molar-refractivity contribution in [2.75, 3.05) is 0 Å². The van der Waals surface area contributed by atoms with Crippen molar-refractivity contribution >= 4 is 9.84 Å². The van der Waals surface area contributed by atoms with Crippen LogP contribution in [0.2, 0.25) is 0 Å². The summed E-state index contributed by atoms with van der Waals surface area (Å²) in [5.41, 5.74) is 2.30. The molecular formula is C16H16O4S. The van der Waals surface area contributed by atoms with Crippen molar-refractivity contribution in [2.45, 2.75) is 35.5 Å². The molecule has 0 atom stereocenters. The lowest BCUT2D eigenvalue weighted by atomic mass is 9.92. The van der Waals surface area contributed by atoms with E-state index < -0.39 is 15.6 Å². The van der Waals surface area contributed by atoms with Gasteiger partial charge in [0, 0.05) is 6.07 Å². The lowest BCUT2D eigenvalue weighted by Gasteiger charge is -2.16. The highest BCUT2D eigenvalue weighted by atomic mass is 32.2. The van der Waals surface area contributed by atoms with Gasteiger partial charge in [0.25, 0.3) is 0 Å². The molecule has 0 radical (unpaired) electrons. The minimum atomic E-state index is -3.68. The van der Waals surface area contributed by atoms with Crippen LogP contribution in [0.1, 0.15) is 24.0 Å². The molecule has 21 heavy (non-hydrogen) atoms. The summed E-state index contributed by atoms with van der Waals surface area (Å²) in [7, 11) is -3.68. The van der Waals surface area contributed by atoms with Crippen molar-refractivity contribution in [1.82, 2.24) is 0 Å². The average Bonchev–Trinajstić information content (AvgIpc) is 2.49. The van der Waals surface area contributed by atoms with Crippen molar-refractivity contribution < 1.29 is 18.6 Å². The lowest BCUT2D eigenvalue weighted by Crippen LogP contribution is -2.07. The molecule has 0 bridgehead atoms. The van der Waals surface area contributed by atoms with Crippen LogP contribution in [-0.4, -0.2) is 18.6 Å². The highest BCUT2D eigenvalue weighted by Gasteiger charge is 2.21. The van der Waals surface area contributed by atoms with Crippen LogP contribution < -0.4 is 0 Å². The molecule has 2 aromatic rings. The molecule has 2 aromatic carbocycles. The van der Waals surface area contributed by atoms with E-state index in [1.54, 1.807) is 12.1 Å². The largest absolute Gasteiger partial charge is 0.504 e. The predicted molar refractivity (Wildman–Crippen MR) is 78.3 cm³/mol. The fourth-order valence-corrected chi connectivity index (χ4v) is 4.01. The second-order valence-electron chi connectivity index (χ2n) is 5.29. The van der Waals surface area contributed by atoms with E-state index in [0.717, 1.165) is 37.3 Å². The Hall–Kier alpha value is -2.01. The van der Waals surface area contributed by atoms with Gasteiger partial charge in [-0.05, 0) is 61.1 Å². The number of phenols is 2. The maximum absolute atomic E-state index is 12.6. The van der Waals surface area contributed by atoms with Crippen LogP contribution in [0.4, 0.5) is 0 Å². The highest BCUT2D eigenvalue weighted by molar-refractivity contribution is 7.91. The second kappa shape index (κ2) is 5.07. The number of hydrogen-bond acceptors (Lipinski definition) is 4. The number of aromatic hydroxyl groups is 2. The Bertz CT molecular complexity index is 794. The number of hydrogen-bond donors (Lipinski definition) is 2. The van der Waals surface area contributed by atoms with Crippen molar-refractivity contribution in [3.8, 4) is 11.5 Å². The molecular weight excluding hydrogens is 288 g/mol. The first-order chi connectivity index (χ1) is 9.98. The zero-order valence-electron chi connectivity index (χ0n) is 11.4. The number of fused-ring (bicyclic) bond motifs is 1. The third-order valence-corrected chi connectivity index (χ3v) is 5.64. The summed E-state index contributed by atoms with van der Waals surface area (Å²) in [6, 6.07) is 8.77. The molecule has 0 unspecified atom stereocenters. The van der Waals surface area contributed by atoms with Gasteiger partial charge < -0.3 is 10.2 Å². The van der Waals surface area contributed by atoms with E-state index in [1.165, 1.54) is 17.7 Å². The van der Waals surface area contributed by atoms with E-state index in [0.29, 0.717) is 0 Å². The lowest BCUT2D eigenvalue weighted by molar-refractivity contribution is 0.402. The van der Waals surface area contributed by atoms with Gasteiger partial charge in [-0.15, -0.1) is 0 Å². The Labute approximate surface area is 123 Å². The van der Waals surface area contributed by atoms with E-state index in [4.69, 9.17) is 0 Å². The van der Waals surface area contributed by atoms with Gasteiger partial charge in [0.2, 0.25) is 9.84 Å². The van der Waals surface area contributed by atoms with Crippen molar-refractivity contribution in [3.63, 3.8) is 0 Å². The SMILES string of the molecule is O=S(=O)(c1ccc(O)c(O)c1)c1ccc2c(c1)CCCC2. The van der Waals surface area contributed by atoms with Crippen LogP contribution in [0.5, 0.6) is 11.5 Å². The van der Waals surface area contributed by atoms with Gasteiger partial charge in [-0.25, -0.2) is 8.42 Å². The van der Waals surface area contributed by atoms with Gasteiger partial charge in [0.15, 0.2) is 11.5 Å². The Morgan fingerprint density at radius 2 is 1.38 bits per heavy atom. The minimum Gasteiger partial charge on any atom is -0.504 e. The molecule has 0 aromatic heterocycles. The van der Waals surface area contributed by atoms with Gasteiger partial charge in [-0.1, -0.05) is 6.07 Å². The molecule has 0 spiro atoms. The quantitative estimate of drug-likeness (QED) is 0.837. The van der Waals surface area contributed by atoms with Gasteiger partial charge >= 0.3 is 0 Å². The average molecular weight is 304 g/mol. The predicted octanol–water partition coefficient (Wildman–Crippen LogP) is 2.81. The summed E-state index contributed by atoms with van der Waals surface area (Å²) in [5.74, 6) is -0.770. The Balaban J connectivity index is 2.07. The van der Waals surface area contributed by atoms with Crippen LogP contribution in [0, 0.1) is 0 Å². The van der Waals surface area contributed by atoms with E-state index in [-0.39, 0.29) is 15.5 Å². The molecule has 4 nitrogen and oxygen atoms in total. The Kier molecular flexibility index (Phi) is 3.37. The molecule has 110 valence electrons. The molecule has 2 N–H and O–H groups in total. The summed E-state index contributed by atoms with van der Waals surface area (Å²) in [6.45, 7) is 0. The monoisotopic (exact) mass is 304 g/mol. The maximum Gasteiger partial charge on any atom is 0.206 e. The standard InChI is InChI=1S/C16H16O4S/c17-15-8-7-14(10-16(15)18)21(19,20)13-6-5-11-3-1-2-4-12(11)9-13/h5-10,17-18H,1-4H2. The Morgan fingerprint density at radius 1 is 0.762 bits per heavy atom. The molecule has 3 rings (SSSR count).